The number of hydrogen-bond acceptors (Lipinski definition) is 3. The minimum Gasteiger partial charge on any atom is -0.504 e. The van der Waals surface area contributed by atoms with Crippen molar-refractivity contribution >= 4 is 11.6 Å². The second-order valence-corrected chi connectivity index (χ2v) is 2.83. The van der Waals surface area contributed by atoms with Gasteiger partial charge in [0, 0.05) is 5.56 Å². The van der Waals surface area contributed by atoms with Crippen LogP contribution in [0.25, 0.3) is 0 Å². The normalized spacial score (nSPS) is 9.31. The maximum absolute atomic E-state index is 9.54. The first-order chi connectivity index (χ1) is 6.20. The summed E-state index contributed by atoms with van der Waals surface area (Å²) in [5.74, 6) is 0.158. The average molecular weight is 198 g/mol. The largest absolute Gasteiger partial charge is 0.504 e. The fourth-order valence-electron chi connectivity index (χ4n) is 1.01. The van der Waals surface area contributed by atoms with Crippen molar-refractivity contribution in [3.63, 3.8) is 0 Å². The van der Waals surface area contributed by atoms with Gasteiger partial charge in [0.1, 0.15) is 0 Å². The number of phenols is 1. The first-order valence-corrected chi connectivity index (χ1v) is 3.99. The molecule has 0 aliphatic heterocycles. The molecule has 0 unspecified atom stereocenters. The van der Waals surface area contributed by atoms with Gasteiger partial charge < -0.3 is 9.84 Å². The number of hydrogen-bond donors (Lipinski definition) is 1. The number of aromatic hydroxyl groups is 1. The quantitative estimate of drug-likeness (QED) is 0.790. The predicted molar refractivity (Wildman–Crippen MR) is 49.0 cm³/mol. The summed E-state index contributed by atoms with van der Waals surface area (Å²) >= 11 is 5.73. The summed E-state index contributed by atoms with van der Waals surface area (Å²) in [4.78, 5) is 0. The van der Waals surface area contributed by atoms with E-state index < -0.39 is 0 Å². The summed E-state index contributed by atoms with van der Waals surface area (Å²) in [7, 11) is 1.41. The van der Waals surface area contributed by atoms with Crippen LogP contribution < -0.4 is 4.74 Å². The molecule has 3 nitrogen and oxygen atoms in total. The highest BCUT2D eigenvalue weighted by Crippen LogP contribution is 2.36. The molecule has 1 aromatic rings. The van der Waals surface area contributed by atoms with E-state index in [1.54, 1.807) is 12.1 Å². The van der Waals surface area contributed by atoms with Crippen molar-refractivity contribution in [3.8, 4) is 17.6 Å². The van der Waals surface area contributed by atoms with Crippen molar-refractivity contribution in [2.24, 2.45) is 0 Å². The molecule has 4 heteroatoms. The average Bonchev–Trinajstić information content (AvgIpc) is 2.11. The van der Waals surface area contributed by atoms with Crippen LogP contribution in [0.4, 0.5) is 0 Å². The lowest BCUT2D eigenvalue weighted by molar-refractivity contribution is 0.371. The highest BCUT2D eigenvalue weighted by molar-refractivity contribution is 6.32. The molecule has 0 aromatic heterocycles. The third-order valence-electron chi connectivity index (χ3n) is 1.64. The molecule has 0 saturated carbocycles. The van der Waals surface area contributed by atoms with Crippen LogP contribution in [0.3, 0.4) is 0 Å². The molecule has 0 aliphatic carbocycles. The van der Waals surface area contributed by atoms with E-state index in [1.807, 2.05) is 6.07 Å². The van der Waals surface area contributed by atoms with Crippen LogP contribution in [0.1, 0.15) is 5.56 Å². The Balaban J connectivity index is 3.21. The predicted octanol–water partition coefficient (Wildman–Crippen LogP) is 2.12. The Labute approximate surface area is 81.1 Å². The molecule has 1 N–H and O–H groups in total. The second kappa shape index (κ2) is 4.01. The van der Waals surface area contributed by atoms with Gasteiger partial charge in [-0.05, 0) is 6.07 Å². The van der Waals surface area contributed by atoms with Crippen LogP contribution in [0, 0.1) is 11.3 Å². The van der Waals surface area contributed by atoms with Crippen LogP contribution in [-0.2, 0) is 6.42 Å². The Morgan fingerprint density at radius 3 is 2.85 bits per heavy atom. The number of rotatable bonds is 2. The molecule has 68 valence electrons. The zero-order valence-electron chi connectivity index (χ0n) is 7.04. The monoisotopic (exact) mass is 197 g/mol. The maximum Gasteiger partial charge on any atom is 0.179 e. The summed E-state index contributed by atoms with van der Waals surface area (Å²) in [6, 6.07) is 5.13. The minimum absolute atomic E-state index is 0.0587. The van der Waals surface area contributed by atoms with Gasteiger partial charge in [-0.25, -0.2) is 0 Å². The van der Waals surface area contributed by atoms with Gasteiger partial charge in [-0.15, -0.1) is 0 Å². The van der Waals surface area contributed by atoms with Gasteiger partial charge >= 0.3 is 0 Å². The molecule has 0 heterocycles. The Bertz CT molecular complexity index is 357. The van der Waals surface area contributed by atoms with E-state index in [9.17, 15) is 5.11 Å². The SMILES string of the molecule is COc1c(Cl)ccc(CC#N)c1O. The summed E-state index contributed by atoms with van der Waals surface area (Å²) in [6.45, 7) is 0. The zero-order chi connectivity index (χ0) is 9.84. The van der Waals surface area contributed by atoms with E-state index >= 15 is 0 Å². The molecular formula is C9H8ClNO2. The molecule has 0 saturated heterocycles. The number of ether oxygens (including phenoxy) is 1. The topological polar surface area (TPSA) is 53.2 Å². The van der Waals surface area contributed by atoms with E-state index in [1.165, 1.54) is 7.11 Å². The van der Waals surface area contributed by atoms with Crippen molar-refractivity contribution in [3.05, 3.63) is 22.7 Å². The summed E-state index contributed by atoms with van der Waals surface area (Å²) in [6.07, 6.45) is 0.138. The maximum atomic E-state index is 9.54. The van der Waals surface area contributed by atoms with Gasteiger partial charge in [-0.3, -0.25) is 0 Å². The van der Waals surface area contributed by atoms with Crippen LogP contribution in [0.15, 0.2) is 12.1 Å². The Hall–Kier alpha value is -1.40. The summed E-state index contributed by atoms with van der Waals surface area (Å²) in [5.41, 5.74) is 0.517. The van der Waals surface area contributed by atoms with Crippen molar-refractivity contribution in [2.75, 3.05) is 7.11 Å². The first kappa shape index (κ1) is 9.69. The molecule has 0 spiro atoms. The first-order valence-electron chi connectivity index (χ1n) is 3.62. The van der Waals surface area contributed by atoms with Gasteiger partial charge in [0.25, 0.3) is 0 Å². The van der Waals surface area contributed by atoms with E-state index in [2.05, 4.69) is 0 Å². The molecule has 1 rings (SSSR count). The molecule has 0 amide bonds. The third-order valence-corrected chi connectivity index (χ3v) is 1.94. The van der Waals surface area contributed by atoms with Crippen molar-refractivity contribution < 1.29 is 9.84 Å². The molecule has 0 fully saturated rings. The number of nitriles is 1. The molecule has 0 bridgehead atoms. The molecule has 0 aliphatic rings. The van der Waals surface area contributed by atoms with Gasteiger partial charge in [0.2, 0.25) is 0 Å². The highest BCUT2D eigenvalue weighted by Gasteiger charge is 2.11. The Morgan fingerprint density at radius 2 is 2.31 bits per heavy atom. The van der Waals surface area contributed by atoms with E-state index in [0.29, 0.717) is 10.6 Å². The van der Waals surface area contributed by atoms with E-state index in [-0.39, 0.29) is 17.9 Å². The molecule has 0 atom stereocenters. The lowest BCUT2D eigenvalue weighted by Crippen LogP contribution is -1.89. The van der Waals surface area contributed by atoms with E-state index in [0.717, 1.165) is 0 Å². The molecule has 13 heavy (non-hydrogen) atoms. The fraction of sp³-hybridized carbons (Fsp3) is 0.222. The summed E-state index contributed by atoms with van der Waals surface area (Å²) in [5, 5.41) is 18.3. The van der Waals surface area contributed by atoms with Gasteiger partial charge in [-0.1, -0.05) is 17.7 Å². The van der Waals surface area contributed by atoms with Gasteiger partial charge in [0.15, 0.2) is 11.5 Å². The molecular weight excluding hydrogens is 190 g/mol. The van der Waals surface area contributed by atoms with Crippen molar-refractivity contribution in [1.82, 2.24) is 0 Å². The van der Waals surface area contributed by atoms with Crippen LogP contribution >= 0.6 is 11.6 Å². The minimum atomic E-state index is -0.0587. The van der Waals surface area contributed by atoms with Crippen LogP contribution in [0.5, 0.6) is 11.5 Å². The molecule has 0 radical (unpaired) electrons. The number of halogens is 1. The standard InChI is InChI=1S/C9H8ClNO2/c1-13-9-7(10)3-2-6(4-5-11)8(9)12/h2-3,12H,4H2,1H3. The lowest BCUT2D eigenvalue weighted by atomic mass is 10.1. The van der Waals surface area contributed by atoms with Crippen LogP contribution in [-0.4, -0.2) is 12.2 Å². The smallest absolute Gasteiger partial charge is 0.179 e. The Morgan fingerprint density at radius 1 is 1.62 bits per heavy atom. The van der Waals surface area contributed by atoms with Crippen molar-refractivity contribution in [1.29, 1.82) is 5.26 Å². The lowest BCUT2D eigenvalue weighted by Gasteiger charge is -2.07. The van der Waals surface area contributed by atoms with E-state index in [4.69, 9.17) is 21.6 Å². The number of nitrogens with zero attached hydrogens (tertiary/aromatic N) is 1. The number of phenolic OH excluding ortho intramolecular Hbond substituents is 1. The number of benzene rings is 1. The fourth-order valence-corrected chi connectivity index (χ4v) is 1.24. The van der Waals surface area contributed by atoms with Crippen LogP contribution in [0.2, 0.25) is 5.02 Å². The van der Waals surface area contributed by atoms with Gasteiger partial charge in [-0.2, -0.15) is 5.26 Å². The second-order valence-electron chi connectivity index (χ2n) is 2.42. The highest BCUT2D eigenvalue weighted by atomic mass is 35.5. The van der Waals surface area contributed by atoms with Gasteiger partial charge in [0.05, 0.1) is 24.6 Å². The summed E-state index contributed by atoms with van der Waals surface area (Å²) < 4.78 is 4.87. The third kappa shape index (κ3) is 1.85. The Kier molecular flexibility index (Phi) is 2.99. The van der Waals surface area contributed by atoms with Crippen molar-refractivity contribution in [2.45, 2.75) is 6.42 Å². The zero-order valence-corrected chi connectivity index (χ0v) is 7.80. The molecule has 1 aromatic carbocycles. The number of methoxy groups -OCH3 is 1.